The van der Waals surface area contributed by atoms with Gasteiger partial charge in [-0.3, -0.25) is 0 Å². The molecule has 5 heteroatoms. The predicted octanol–water partition coefficient (Wildman–Crippen LogP) is 0.472. The first-order valence-electron chi connectivity index (χ1n) is 4.25. The first-order chi connectivity index (χ1) is 6.61. The van der Waals surface area contributed by atoms with E-state index in [-0.39, 0.29) is 0 Å². The zero-order chi connectivity index (χ0) is 10.3. The van der Waals surface area contributed by atoms with Crippen molar-refractivity contribution in [2.45, 2.75) is 6.92 Å². The Balaban J connectivity index is 2.86. The molecule has 2 rings (SSSR count). The van der Waals surface area contributed by atoms with Crippen LogP contribution >= 0.6 is 11.3 Å². The van der Waals surface area contributed by atoms with Crippen LogP contribution in [0.25, 0.3) is 10.1 Å². The van der Waals surface area contributed by atoms with Gasteiger partial charge in [-0.15, -0.1) is 11.3 Å². The Labute approximate surface area is 85.9 Å². The van der Waals surface area contributed by atoms with Gasteiger partial charge in [0, 0.05) is 10.2 Å². The molecule has 0 aliphatic heterocycles. The third kappa shape index (κ3) is 1.30. The van der Waals surface area contributed by atoms with E-state index in [0.717, 1.165) is 15.6 Å². The summed E-state index contributed by atoms with van der Waals surface area (Å²) in [5.74, 6) is 0. The summed E-state index contributed by atoms with van der Waals surface area (Å²) in [6.45, 7) is 1.93. The van der Waals surface area contributed by atoms with Gasteiger partial charge >= 0.3 is 7.12 Å². The number of nitrogen functional groups attached to an aromatic ring is 1. The van der Waals surface area contributed by atoms with E-state index in [1.54, 1.807) is 0 Å². The Morgan fingerprint density at radius 2 is 2.07 bits per heavy atom. The van der Waals surface area contributed by atoms with Crippen LogP contribution in [0.4, 0.5) is 5.00 Å². The molecule has 3 nitrogen and oxygen atoms in total. The molecular formula is C9H10BNO2S. The fraction of sp³-hybridized carbons (Fsp3) is 0.111. The maximum atomic E-state index is 9.20. The van der Waals surface area contributed by atoms with E-state index in [1.165, 1.54) is 11.3 Å². The van der Waals surface area contributed by atoms with Crippen molar-refractivity contribution < 1.29 is 10.0 Å². The van der Waals surface area contributed by atoms with E-state index in [0.29, 0.717) is 10.5 Å². The third-order valence-electron chi connectivity index (χ3n) is 2.25. The van der Waals surface area contributed by atoms with Crippen molar-refractivity contribution >= 4 is 39.0 Å². The Morgan fingerprint density at radius 3 is 2.71 bits per heavy atom. The monoisotopic (exact) mass is 207 g/mol. The van der Waals surface area contributed by atoms with Gasteiger partial charge in [0.05, 0.1) is 5.00 Å². The van der Waals surface area contributed by atoms with Gasteiger partial charge in [-0.1, -0.05) is 12.1 Å². The Bertz CT molecular complexity index is 481. The topological polar surface area (TPSA) is 66.5 Å². The Morgan fingerprint density at radius 1 is 1.36 bits per heavy atom. The number of thiophene rings is 1. The van der Waals surface area contributed by atoms with Gasteiger partial charge in [0.2, 0.25) is 0 Å². The molecule has 0 fully saturated rings. The summed E-state index contributed by atoms with van der Waals surface area (Å²) in [4.78, 5) is 0. The minimum Gasteiger partial charge on any atom is -0.423 e. The molecule has 1 aromatic carbocycles. The molecule has 0 aliphatic carbocycles. The molecule has 0 radical (unpaired) electrons. The third-order valence-corrected chi connectivity index (χ3v) is 3.25. The van der Waals surface area contributed by atoms with E-state index in [4.69, 9.17) is 5.73 Å². The van der Waals surface area contributed by atoms with Crippen molar-refractivity contribution in [1.29, 1.82) is 0 Å². The van der Waals surface area contributed by atoms with Crippen molar-refractivity contribution in [2.24, 2.45) is 0 Å². The maximum Gasteiger partial charge on any atom is 0.492 e. The van der Waals surface area contributed by atoms with Gasteiger partial charge in [0.1, 0.15) is 0 Å². The van der Waals surface area contributed by atoms with Crippen LogP contribution in [0, 0.1) is 6.92 Å². The first-order valence-corrected chi connectivity index (χ1v) is 5.06. The number of nitrogens with two attached hydrogens (primary N) is 1. The Kier molecular flexibility index (Phi) is 2.22. The lowest BCUT2D eigenvalue weighted by Gasteiger charge is -2.01. The van der Waals surface area contributed by atoms with Crippen LogP contribution < -0.4 is 11.2 Å². The molecule has 0 amide bonds. The highest BCUT2D eigenvalue weighted by atomic mass is 32.1. The van der Waals surface area contributed by atoms with Crippen molar-refractivity contribution in [1.82, 2.24) is 0 Å². The summed E-state index contributed by atoms with van der Waals surface area (Å²) >= 11 is 1.38. The number of aryl methyl sites for hydroxylation is 1. The van der Waals surface area contributed by atoms with Gasteiger partial charge < -0.3 is 15.8 Å². The highest BCUT2D eigenvalue weighted by Crippen LogP contribution is 2.27. The van der Waals surface area contributed by atoms with Gasteiger partial charge in [0.15, 0.2) is 0 Å². The molecule has 0 unspecified atom stereocenters. The zero-order valence-electron chi connectivity index (χ0n) is 7.69. The van der Waals surface area contributed by atoms with Crippen LogP contribution in [-0.2, 0) is 0 Å². The highest BCUT2D eigenvalue weighted by Gasteiger charge is 2.21. The summed E-state index contributed by atoms with van der Waals surface area (Å²) in [5, 5.41) is 19.7. The summed E-state index contributed by atoms with van der Waals surface area (Å²) in [6, 6.07) is 5.79. The molecule has 0 saturated carbocycles. The second-order valence-electron chi connectivity index (χ2n) is 3.20. The number of hydrogen-bond acceptors (Lipinski definition) is 4. The molecule has 0 atom stereocenters. The molecule has 2 aromatic rings. The van der Waals surface area contributed by atoms with Crippen LogP contribution in [0.5, 0.6) is 0 Å². The first kappa shape index (κ1) is 9.52. The lowest BCUT2D eigenvalue weighted by atomic mass is 9.78. The standard InChI is InChI=1S/C9H10BNO2S/c1-5-3-2-4-6-7(5)8(10(12)13)9(11)14-6/h2-4,12-13H,11H2,1H3. The number of rotatable bonds is 1. The molecule has 1 aromatic heterocycles. The smallest absolute Gasteiger partial charge is 0.423 e. The minimum absolute atomic E-state index is 0.433. The number of anilines is 1. The molecule has 1 heterocycles. The molecule has 0 saturated heterocycles. The largest absolute Gasteiger partial charge is 0.492 e. The molecule has 0 spiro atoms. The van der Waals surface area contributed by atoms with Crippen LogP contribution in [0.2, 0.25) is 0 Å². The molecular weight excluding hydrogens is 197 g/mol. The molecule has 0 bridgehead atoms. The van der Waals surface area contributed by atoms with E-state index >= 15 is 0 Å². The molecule has 72 valence electrons. The minimum atomic E-state index is -1.50. The molecule has 0 aliphatic rings. The second-order valence-corrected chi connectivity index (χ2v) is 4.29. The van der Waals surface area contributed by atoms with E-state index in [9.17, 15) is 10.0 Å². The van der Waals surface area contributed by atoms with Crippen molar-refractivity contribution in [3.8, 4) is 0 Å². The average Bonchev–Trinajstić information content (AvgIpc) is 2.42. The van der Waals surface area contributed by atoms with E-state index < -0.39 is 7.12 Å². The van der Waals surface area contributed by atoms with Gasteiger partial charge in [0.25, 0.3) is 0 Å². The molecule has 14 heavy (non-hydrogen) atoms. The quantitative estimate of drug-likeness (QED) is 0.595. The zero-order valence-corrected chi connectivity index (χ0v) is 8.51. The number of benzene rings is 1. The maximum absolute atomic E-state index is 9.20. The van der Waals surface area contributed by atoms with E-state index in [2.05, 4.69) is 0 Å². The lowest BCUT2D eigenvalue weighted by Crippen LogP contribution is -2.31. The summed E-state index contributed by atoms with van der Waals surface area (Å²) in [6.07, 6.45) is 0. The van der Waals surface area contributed by atoms with Crippen LogP contribution in [0.1, 0.15) is 5.56 Å². The van der Waals surface area contributed by atoms with Gasteiger partial charge in [-0.05, 0) is 23.9 Å². The SMILES string of the molecule is Cc1cccc2sc(N)c(B(O)O)c12. The summed E-state index contributed by atoms with van der Waals surface area (Å²) in [7, 11) is -1.50. The van der Waals surface area contributed by atoms with Gasteiger partial charge in [-0.25, -0.2) is 0 Å². The Hall–Kier alpha value is -1.04. The van der Waals surface area contributed by atoms with Crippen LogP contribution in [0.3, 0.4) is 0 Å². The van der Waals surface area contributed by atoms with E-state index in [1.807, 2.05) is 25.1 Å². The highest BCUT2D eigenvalue weighted by molar-refractivity contribution is 7.24. The molecule has 4 N–H and O–H groups in total. The van der Waals surface area contributed by atoms with Gasteiger partial charge in [-0.2, -0.15) is 0 Å². The van der Waals surface area contributed by atoms with Crippen LogP contribution in [-0.4, -0.2) is 17.2 Å². The fourth-order valence-corrected chi connectivity index (χ4v) is 2.70. The average molecular weight is 207 g/mol. The summed E-state index contributed by atoms with van der Waals surface area (Å²) in [5.41, 5.74) is 7.17. The van der Waals surface area contributed by atoms with Crippen molar-refractivity contribution in [3.63, 3.8) is 0 Å². The second kappa shape index (κ2) is 3.27. The predicted molar refractivity (Wildman–Crippen MR) is 60.8 cm³/mol. The van der Waals surface area contributed by atoms with Crippen molar-refractivity contribution in [2.75, 3.05) is 5.73 Å². The number of fused-ring (bicyclic) bond motifs is 1. The van der Waals surface area contributed by atoms with Crippen LogP contribution in [0.15, 0.2) is 18.2 Å². The normalized spacial score (nSPS) is 10.8. The number of hydrogen-bond donors (Lipinski definition) is 3. The lowest BCUT2D eigenvalue weighted by molar-refractivity contribution is 0.426. The fourth-order valence-electron chi connectivity index (χ4n) is 1.62. The summed E-state index contributed by atoms with van der Waals surface area (Å²) < 4.78 is 0.991. The van der Waals surface area contributed by atoms with Crippen molar-refractivity contribution in [3.05, 3.63) is 23.8 Å².